The van der Waals surface area contributed by atoms with E-state index in [4.69, 9.17) is 4.74 Å². The summed E-state index contributed by atoms with van der Waals surface area (Å²) in [4.78, 5) is 43.8. The number of rotatable bonds is 7. The van der Waals surface area contributed by atoms with Gasteiger partial charge in [0.25, 0.3) is 0 Å². The minimum atomic E-state index is -0.747. The molecule has 9 nitrogen and oxygen atoms in total. The third-order valence-electron chi connectivity index (χ3n) is 5.90. The topological polar surface area (TPSA) is 94.2 Å². The lowest BCUT2D eigenvalue weighted by Gasteiger charge is -2.40. The maximum atomic E-state index is 13.5. The van der Waals surface area contributed by atoms with Crippen LogP contribution in [-0.2, 0) is 9.53 Å². The molecule has 0 aliphatic carbocycles. The Balaban J connectivity index is 1.90. The lowest BCUT2D eigenvalue weighted by atomic mass is 9.94. The lowest BCUT2D eigenvalue weighted by Crippen LogP contribution is -2.55. The standard InChI is InChI=1S/C24H34FN5O4/c1-5-30-19(15-28-11-13-29(14-12-28)23(32)26-16(3)4)20(22(31)34-6-2)21(27-24(30)33)17-7-9-18(25)10-8-17/h7-10,16,21H,5-6,11-15H2,1-4H3,(H,26,32)(H,27,33)/t21-/m1/s1. The van der Waals surface area contributed by atoms with Crippen molar-refractivity contribution in [1.29, 1.82) is 0 Å². The molecule has 2 aliphatic rings. The number of piperazine rings is 1. The van der Waals surface area contributed by atoms with Gasteiger partial charge in [-0.2, -0.15) is 0 Å². The average Bonchev–Trinajstić information content (AvgIpc) is 2.79. The number of likely N-dealkylation sites (N-methyl/N-ethyl adjacent to an activating group) is 1. The number of nitrogens with zero attached hydrogens (tertiary/aromatic N) is 3. The van der Waals surface area contributed by atoms with Gasteiger partial charge in [-0.15, -0.1) is 0 Å². The van der Waals surface area contributed by atoms with Gasteiger partial charge in [0.05, 0.1) is 18.2 Å². The largest absolute Gasteiger partial charge is 0.463 e. The van der Waals surface area contributed by atoms with Gasteiger partial charge in [0.15, 0.2) is 0 Å². The Morgan fingerprint density at radius 3 is 2.35 bits per heavy atom. The van der Waals surface area contributed by atoms with Crippen LogP contribution in [0.3, 0.4) is 0 Å². The molecule has 10 heteroatoms. The number of amides is 4. The quantitative estimate of drug-likeness (QED) is 0.591. The van der Waals surface area contributed by atoms with Crippen LogP contribution in [0.2, 0.25) is 0 Å². The highest BCUT2D eigenvalue weighted by atomic mass is 19.1. The minimum absolute atomic E-state index is 0.0603. The number of carbonyl (C=O) groups excluding carboxylic acids is 3. The van der Waals surface area contributed by atoms with E-state index < -0.39 is 17.8 Å². The molecule has 3 rings (SSSR count). The molecular formula is C24H34FN5O4. The molecule has 1 aromatic rings. The normalized spacial score (nSPS) is 19.4. The molecule has 1 aromatic carbocycles. The van der Waals surface area contributed by atoms with E-state index in [-0.39, 0.29) is 24.7 Å². The summed E-state index contributed by atoms with van der Waals surface area (Å²) >= 11 is 0. The molecule has 1 fully saturated rings. The zero-order valence-electron chi connectivity index (χ0n) is 20.3. The molecule has 0 unspecified atom stereocenters. The summed E-state index contributed by atoms with van der Waals surface area (Å²) in [6.45, 7) is 10.6. The summed E-state index contributed by atoms with van der Waals surface area (Å²) in [5.41, 5.74) is 1.51. The summed E-state index contributed by atoms with van der Waals surface area (Å²) in [5, 5.41) is 5.78. The number of benzene rings is 1. The van der Waals surface area contributed by atoms with Gasteiger partial charge in [0.1, 0.15) is 5.82 Å². The molecule has 186 valence electrons. The first-order chi connectivity index (χ1) is 16.2. The molecule has 4 amide bonds. The van der Waals surface area contributed by atoms with Crippen molar-refractivity contribution in [3.05, 3.63) is 46.9 Å². The minimum Gasteiger partial charge on any atom is -0.463 e. The highest BCUT2D eigenvalue weighted by Crippen LogP contribution is 2.32. The first kappa shape index (κ1) is 25.5. The first-order valence-corrected chi connectivity index (χ1v) is 11.8. The van der Waals surface area contributed by atoms with E-state index >= 15 is 0 Å². The predicted octanol–water partition coefficient (Wildman–Crippen LogP) is 2.46. The highest BCUT2D eigenvalue weighted by molar-refractivity contribution is 5.95. The molecule has 2 heterocycles. The van der Waals surface area contributed by atoms with E-state index in [0.717, 1.165) is 0 Å². The maximum absolute atomic E-state index is 13.5. The molecule has 0 saturated carbocycles. The van der Waals surface area contributed by atoms with E-state index in [0.29, 0.717) is 56.1 Å². The number of halogens is 1. The van der Waals surface area contributed by atoms with Crippen LogP contribution >= 0.6 is 0 Å². The van der Waals surface area contributed by atoms with Gasteiger partial charge in [-0.1, -0.05) is 12.1 Å². The van der Waals surface area contributed by atoms with Crippen molar-refractivity contribution in [1.82, 2.24) is 25.3 Å². The van der Waals surface area contributed by atoms with E-state index in [1.807, 2.05) is 20.8 Å². The van der Waals surface area contributed by atoms with Crippen molar-refractivity contribution in [2.24, 2.45) is 0 Å². The number of ether oxygens (including phenoxy) is 1. The molecular weight excluding hydrogens is 441 g/mol. The highest BCUT2D eigenvalue weighted by Gasteiger charge is 2.38. The van der Waals surface area contributed by atoms with Crippen LogP contribution in [0.5, 0.6) is 0 Å². The number of esters is 1. The van der Waals surface area contributed by atoms with Gasteiger partial charge in [-0.05, 0) is 45.4 Å². The second-order valence-electron chi connectivity index (χ2n) is 8.63. The summed E-state index contributed by atoms with van der Waals surface area (Å²) < 4.78 is 18.9. The monoisotopic (exact) mass is 475 g/mol. The predicted molar refractivity (Wildman–Crippen MR) is 125 cm³/mol. The SMILES string of the molecule is CCOC(=O)C1=C(CN2CCN(C(=O)NC(C)C)CC2)N(CC)C(=O)N[C@@H]1c1ccc(F)cc1. The third-order valence-corrected chi connectivity index (χ3v) is 5.90. The molecule has 0 spiro atoms. The fourth-order valence-electron chi connectivity index (χ4n) is 4.22. The summed E-state index contributed by atoms with van der Waals surface area (Å²) in [6.07, 6.45) is 0. The van der Waals surface area contributed by atoms with Crippen LogP contribution in [0.1, 0.15) is 39.3 Å². The van der Waals surface area contributed by atoms with Crippen LogP contribution in [0, 0.1) is 5.82 Å². The van der Waals surface area contributed by atoms with Crippen molar-refractivity contribution in [2.45, 2.75) is 39.8 Å². The van der Waals surface area contributed by atoms with Crippen molar-refractivity contribution >= 4 is 18.0 Å². The second-order valence-corrected chi connectivity index (χ2v) is 8.63. The second kappa shape index (κ2) is 11.3. The van der Waals surface area contributed by atoms with Crippen molar-refractivity contribution in [3.63, 3.8) is 0 Å². The Kier molecular flexibility index (Phi) is 8.49. The van der Waals surface area contributed by atoms with Gasteiger partial charge < -0.3 is 20.3 Å². The fraction of sp³-hybridized carbons (Fsp3) is 0.542. The molecule has 34 heavy (non-hydrogen) atoms. The zero-order valence-corrected chi connectivity index (χ0v) is 20.3. The molecule has 1 atom stereocenters. The smallest absolute Gasteiger partial charge is 0.338 e. The molecule has 2 N–H and O–H groups in total. The maximum Gasteiger partial charge on any atom is 0.338 e. The third kappa shape index (κ3) is 5.85. The van der Waals surface area contributed by atoms with Gasteiger partial charge >= 0.3 is 18.0 Å². The van der Waals surface area contributed by atoms with E-state index in [9.17, 15) is 18.8 Å². The van der Waals surface area contributed by atoms with Crippen molar-refractivity contribution < 1.29 is 23.5 Å². The fourth-order valence-corrected chi connectivity index (χ4v) is 4.22. The van der Waals surface area contributed by atoms with Crippen LogP contribution in [0.15, 0.2) is 35.5 Å². The zero-order chi connectivity index (χ0) is 24.8. The van der Waals surface area contributed by atoms with Crippen LogP contribution in [0.4, 0.5) is 14.0 Å². The molecule has 0 radical (unpaired) electrons. The Bertz CT molecular complexity index is 926. The number of nitrogens with one attached hydrogen (secondary N) is 2. The van der Waals surface area contributed by atoms with E-state index in [1.54, 1.807) is 28.9 Å². The molecule has 1 saturated heterocycles. The van der Waals surface area contributed by atoms with Crippen LogP contribution < -0.4 is 10.6 Å². The van der Waals surface area contributed by atoms with Gasteiger partial charge in [0.2, 0.25) is 0 Å². The Labute approximate surface area is 199 Å². The van der Waals surface area contributed by atoms with E-state index in [1.165, 1.54) is 12.1 Å². The number of hydrogen-bond donors (Lipinski definition) is 2. The van der Waals surface area contributed by atoms with Gasteiger partial charge in [-0.25, -0.2) is 18.8 Å². The van der Waals surface area contributed by atoms with Crippen molar-refractivity contribution in [3.8, 4) is 0 Å². The van der Waals surface area contributed by atoms with Gasteiger partial charge in [0, 0.05) is 51.0 Å². The molecule has 2 aliphatic heterocycles. The van der Waals surface area contributed by atoms with Crippen LogP contribution in [0.25, 0.3) is 0 Å². The summed E-state index contributed by atoms with van der Waals surface area (Å²) in [5.74, 6) is -0.914. The van der Waals surface area contributed by atoms with E-state index in [2.05, 4.69) is 15.5 Å². The summed E-state index contributed by atoms with van der Waals surface area (Å²) in [6, 6.07) is 4.62. The summed E-state index contributed by atoms with van der Waals surface area (Å²) in [7, 11) is 0. The Morgan fingerprint density at radius 1 is 1.15 bits per heavy atom. The number of carbonyl (C=O) groups is 3. The Morgan fingerprint density at radius 2 is 1.79 bits per heavy atom. The Hall–Kier alpha value is -3.14. The molecule has 0 aromatic heterocycles. The number of urea groups is 2. The lowest BCUT2D eigenvalue weighted by molar-refractivity contribution is -0.139. The van der Waals surface area contributed by atoms with Gasteiger partial charge in [-0.3, -0.25) is 9.80 Å². The van der Waals surface area contributed by atoms with Crippen molar-refractivity contribution in [2.75, 3.05) is 45.9 Å². The molecule has 0 bridgehead atoms. The van der Waals surface area contributed by atoms with Crippen LogP contribution in [-0.4, -0.2) is 84.6 Å². The average molecular weight is 476 g/mol. The number of hydrogen-bond acceptors (Lipinski definition) is 5. The first-order valence-electron chi connectivity index (χ1n) is 11.8.